The van der Waals surface area contributed by atoms with E-state index >= 15 is 0 Å². The van der Waals surface area contributed by atoms with Crippen molar-refractivity contribution in [2.75, 3.05) is 0 Å². The number of allylic oxidation sites excluding steroid dienone is 1. The van der Waals surface area contributed by atoms with Gasteiger partial charge >= 0.3 is 0 Å². The van der Waals surface area contributed by atoms with Gasteiger partial charge < -0.3 is 4.42 Å². The first-order valence-corrected chi connectivity index (χ1v) is 15.1. The molecule has 7 aromatic carbocycles. The number of rotatable bonds is 3. The van der Waals surface area contributed by atoms with E-state index in [0.717, 1.165) is 34.8 Å². The molecule has 1 aliphatic rings. The predicted octanol–water partition coefficient (Wildman–Crippen LogP) is 11.9. The molecule has 1 nitrogen and oxygen atoms in total. The lowest BCUT2D eigenvalue weighted by Gasteiger charge is -2.19. The number of hydrogen-bond acceptors (Lipinski definition) is 1. The average Bonchev–Trinajstić information content (AvgIpc) is 3.44. The smallest absolute Gasteiger partial charge is 0.135 e. The van der Waals surface area contributed by atoms with Crippen LogP contribution in [0.4, 0.5) is 0 Å². The van der Waals surface area contributed by atoms with Crippen LogP contribution in [-0.2, 0) is 6.42 Å². The molecule has 0 saturated heterocycles. The molecular formula is C42H28O. The van der Waals surface area contributed by atoms with E-state index in [-0.39, 0.29) is 0 Å². The van der Waals surface area contributed by atoms with Crippen molar-refractivity contribution in [1.82, 2.24) is 0 Å². The zero-order valence-corrected chi connectivity index (χ0v) is 23.7. The topological polar surface area (TPSA) is 13.1 Å². The van der Waals surface area contributed by atoms with Crippen LogP contribution in [0, 0.1) is 0 Å². The van der Waals surface area contributed by atoms with Crippen LogP contribution in [-0.4, -0.2) is 0 Å². The van der Waals surface area contributed by atoms with E-state index in [9.17, 15) is 0 Å². The van der Waals surface area contributed by atoms with Gasteiger partial charge in [-0.15, -0.1) is 0 Å². The molecule has 1 aliphatic carbocycles. The molecule has 9 rings (SSSR count). The van der Waals surface area contributed by atoms with Crippen LogP contribution in [0.5, 0.6) is 0 Å². The second kappa shape index (κ2) is 9.58. The molecule has 0 unspecified atom stereocenters. The first-order valence-electron chi connectivity index (χ1n) is 15.1. The third-order valence-electron chi connectivity index (χ3n) is 9.11. The van der Waals surface area contributed by atoms with Gasteiger partial charge in [-0.25, -0.2) is 0 Å². The van der Waals surface area contributed by atoms with Crippen molar-refractivity contribution >= 4 is 49.6 Å². The van der Waals surface area contributed by atoms with Crippen molar-refractivity contribution in [2.45, 2.75) is 12.8 Å². The molecule has 43 heavy (non-hydrogen) atoms. The number of furan rings is 1. The molecule has 0 spiro atoms. The lowest BCUT2D eigenvalue weighted by Crippen LogP contribution is -1.96. The molecule has 1 heteroatoms. The van der Waals surface area contributed by atoms with Gasteiger partial charge in [0.05, 0.1) is 0 Å². The first-order chi connectivity index (χ1) is 21.3. The minimum absolute atomic E-state index is 0.914. The van der Waals surface area contributed by atoms with Crippen LogP contribution in [0.25, 0.3) is 82.9 Å². The Morgan fingerprint density at radius 2 is 0.953 bits per heavy atom. The Kier molecular flexibility index (Phi) is 5.39. The summed E-state index contributed by atoms with van der Waals surface area (Å²) in [5.74, 6) is 0. The molecule has 1 heterocycles. The van der Waals surface area contributed by atoms with Gasteiger partial charge in [0.25, 0.3) is 0 Å². The molecule has 1 aromatic heterocycles. The van der Waals surface area contributed by atoms with Crippen molar-refractivity contribution < 1.29 is 4.42 Å². The number of aryl methyl sites for hydroxylation is 1. The zero-order valence-electron chi connectivity index (χ0n) is 23.7. The molecular weight excluding hydrogens is 520 g/mol. The van der Waals surface area contributed by atoms with Gasteiger partial charge in [0.2, 0.25) is 0 Å². The molecule has 8 aromatic rings. The minimum Gasteiger partial charge on any atom is -0.456 e. The predicted molar refractivity (Wildman–Crippen MR) is 182 cm³/mol. The van der Waals surface area contributed by atoms with E-state index in [2.05, 4.69) is 146 Å². The molecule has 202 valence electrons. The highest BCUT2D eigenvalue weighted by Gasteiger charge is 2.19. The summed E-state index contributed by atoms with van der Waals surface area (Å²) in [4.78, 5) is 0. The highest BCUT2D eigenvalue weighted by atomic mass is 16.3. The number of hydrogen-bond donors (Lipinski definition) is 0. The Hall–Kier alpha value is -5.40. The number of fused-ring (bicyclic) bond motifs is 6. The summed E-state index contributed by atoms with van der Waals surface area (Å²) in [5, 5.41) is 7.39. The highest BCUT2D eigenvalue weighted by Crippen LogP contribution is 2.45. The largest absolute Gasteiger partial charge is 0.456 e. The molecule has 0 atom stereocenters. The maximum atomic E-state index is 6.33. The average molecular weight is 549 g/mol. The Morgan fingerprint density at radius 3 is 1.60 bits per heavy atom. The van der Waals surface area contributed by atoms with Gasteiger partial charge in [-0.2, -0.15) is 0 Å². The summed E-state index contributed by atoms with van der Waals surface area (Å²) in [6.07, 6.45) is 6.75. The minimum atomic E-state index is 0.914. The lowest BCUT2D eigenvalue weighted by atomic mass is 9.84. The van der Waals surface area contributed by atoms with Crippen LogP contribution >= 0.6 is 0 Å². The van der Waals surface area contributed by atoms with Gasteiger partial charge in [0.15, 0.2) is 0 Å². The van der Waals surface area contributed by atoms with Crippen molar-refractivity contribution in [3.63, 3.8) is 0 Å². The van der Waals surface area contributed by atoms with Crippen LogP contribution < -0.4 is 0 Å². The molecule has 0 amide bonds. The van der Waals surface area contributed by atoms with E-state index in [1.54, 1.807) is 0 Å². The van der Waals surface area contributed by atoms with E-state index in [1.807, 2.05) is 0 Å². The quantitative estimate of drug-likeness (QED) is 0.200. The fourth-order valence-electron chi connectivity index (χ4n) is 7.08. The zero-order chi connectivity index (χ0) is 28.3. The standard InChI is InChI=1S/C42H28O/c1-2-10-27(11-3-1)30-20-22-39-37(25-30)38-26-32(21-23-40(38)43-39)42-35-16-8-6-14-33(35)41(34-15-7-9-17-36(34)42)31-19-18-28-12-4-5-13-29(28)24-31/h1-4,6-12,14-26H,5,13H2. The third-order valence-corrected chi connectivity index (χ3v) is 9.11. The molecule has 0 bridgehead atoms. The fraction of sp³-hybridized carbons (Fsp3) is 0.0476. The SMILES string of the molecule is C1=Cc2ccc(-c3c4ccccc4c(-c4ccc5oc6ccc(-c7ccccc7)cc6c5c4)c4ccccc34)cc2CC1. The molecule has 0 fully saturated rings. The second-order valence-electron chi connectivity index (χ2n) is 11.6. The van der Waals surface area contributed by atoms with Gasteiger partial charge in [-0.1, -0.05) is 121 Å². The van der Waals surface area contributed by atoms with Gasteiger partial charge in [-0.3, -0.25) is 0 Å². The Balaban J connectivity index is 1.31. The second-order valence-corrected chi connectivity index (χ2v) is 11.6. The maximum Gasteiger partial charge on any atom is 0.135 e. The normalized spacial score (nSPS) is 12.8. The molecule has 0 saturated carbocycles. The van der Waals surface area contributed by atoms with E-state index < -0.39 is 0 Å². The summed E-state index contributed by atoms with van der Waals surface area (Å²) in [6.45, 7) is 0. The lowest BCUT2D eigenvalue weighted by molar-refractivity contribution is 0.669. The summed E-state index contributed by atoms with van der Waals surface area (Å²) < 4.78 is 6.33. The summed E-state index contributed by atoms with van der Waals surface area (Å²) in [6, 6.07) is 48.6. The van der Waals surface area contributed by atoms with E-state index in [4.69, 9.17) is 4.42 Å². The first kappa shape index (κ1) is 24.2. The van der Waals surface area contributed by atoms with E-state index in [0.29, 0.717) is 0 Å². The monoisotopic (exact) mass is 548 g/mol. The molecule has 0 aliphatic heterocycles. The molecule has 0 N–H and O–H groups in total. The number of benzene rings is 7. The van der Waals surface area contributed by atoms with Gasteiger partial charge in [-0.05, 0) is 103 Å². The summed E-state index contributed by atoms with van der Waals surface area (Å²) in [7, 11) is 0. The Morgan fingerprint density at radius 1 is 0.419 bits per heavy atom. The van der Waals surface area contributed by atoms with Crippen molar-refractivity contribution in [2.24, 2.45) is 0 Å². The maximum absolute atomic E-state index is 6.33. The summed E-state index contributed by atoms with van der Waals surface area (Å²) >= 11 is 0. The Labute approximate surface area is 250 Å². The van der Waals surface area contributed by atoms with Crippen LogP contribution in [0.1, 0.15) is 17.5 Å². The van der Waals surface area contributed by atoms with Gasteiger partial charge in [0, 0.05) is 10.8 Å². The van der Waals surface area contributed by atoms with Crippen LogP contribution in [0.15, 0.2) is 144 Å². The van der Waals surface area contributed by atoms with Crippen molar-refractivity contribution in [3.8, 4) is 33.4 Å². The van der Waals surface area contributed by atoms with Crippen LogP contribution in [0.2, 0.25) is 0 Å². The Bertz CT molecular complexity index is 2330. The van der Waals surface area contributed by atoms with Crippen molar-refractivity contribution in [3.05, 3.63) is 151 Å². The van der Waals surface area contributed by atoms with Crippen molar-refractivity contribution in [1.29, 1.82) is 0 Å². The van der Waals surface area contributed by atoms with E-state index in [1.165, 1.54) is 66.1 Å². The highest BCUT2D eigenvalue weighted by molar-refractivity contribution is 6.22. The third kappa shape index (κ3) is 3.86. The summed E-state index contributed by atoms with van der Waals surface area (Å²) in [5.41, 5.74) is 12.1. The van der Waals surface area contributed by atoms with Crippen LogP contribution in [0.3, 0.4) is 0 Å². The molecule has 0 radical (unpaired) electrons. The fourth-order valence-corrected chi connectivity index (χ4v) is 7.08. The van der Waals surface area contributed by atoms with Gasteiger partial charge in [0.1, 0.15) is 11.2 Å².